The van der Waals surface area contributed by atoms with Crippen LogP contribution in [0.15, 0.2) is 81.7 Å². The van der Waals surface area contributed by atoms with E-state index in [1.54, 1.807) is 12.1 Å². The van der Waals surface area contributed by atoms with Crippen molar-refractivity contribution in [3.63, 3.8) is 0 Å². The van der Waals surface area contributed by atoms with E-state index in [9.17, 15) is 18.4 Å². The zero-order valence-electron chi connectivity index (χ0n) is 23.9. The third-order valence-corrected chi connectivity index (χ3v) is 10.6. The number of aryl methyl sites for hydroxylation is 1. The van der Waals surface area contributed by atoms with Crippen LogP contribution in [-0.2, 0) is 37.4 Å². The average molecular weight is 852 g/mol. The zero-order valence-corrected chi connectivity index (χ0v) is 30.2. The summed E-state index contributed by atoms with van der Waals surface area (Å²) < 4.78 is 29.0. The minimum Gasteiger partial charge on any atom is -0.294 e. The lowest BCUT2D eigenvalue weighted by Crippen LogP contribution is -2.35. The van der Waals surface area contributed by atoms with Crippen molar-refractivity contribution in [1.82, 2.24) is 0 Å². The van der Waals surface area contributed by atoms with Crippen LogP contribution in [0, 0.1) is 17.0 Å². The van der Waals surface area contributed by atoms with Gasteiger partial charge in [0.05, 0.1) is 0 Å². The van der Waals surface area contributed by atoms with Crippen LogP contribution in [0.1, 0.15) is 66.9 Å². The Bertz CT molecular complexity index is 1720. The lowest BCUT2D eigenvalue weighted by molar-refractivity contribution is 0.0793. The van der Waals surface area contributed by atoms with E-state index in [4.69, 9.17) is 0 Å². The molecule has 44 heavy (non-hydrogen) atoms. The van der Waals surface area contributed by atoms with Crippen molar-refractivity contribution >= 4 is 75.3 Å². The topological polar surface area (TPSA) is 34.1 Å². The molecule has 4 aromatic rings. The third kappa shape index (κ3) is 7.19. The first-order valence-electron chi connectivity index (χ1n) is 14.4. The largest absolute Gasteiger partial charge is 0.294 e. The molecule has 0 bridgehead atoms. The second kappa shape index (κ2) is 14.6. The second-order valence-corrected chi connectivity index (χ2v) is 14.5. The van der Waals surface area contributed by atoms with Gasteiger partial charge in [0.15, 0.2) is 11.6 Å². The molecule has 2 nitrogen and oxygen atoms in total. The first kappa shape index (κ1) is 33.4. The fraction of sp³-hybridized carbons (Fsp3) is 0.278. The Morgan fingerprint density at radius 1 is 0.705 bits per heavy atom. The number of alkyl halides is 2. The minimum atomic E-state index is -0.357. The van der Waals surface area contributed by atoms with Crippen LogP contribution < -0.4 is 0 Å². The average Bonchev–Trinajstić information content (AvgIpc) is 3.50. The molecule has 1 unspecified atom stereocenters. The maximum Gasteiger partial charge on any atom is 0.169 e. The highest BCUT2D eigenvalue weighted by molar-refractivity contribution is 9.11. The first-order valence-corrected chi connectivity index (χ1v) is 18.3. The predicted octanol–water partition coefficient (Wildman–Crippen LogP) is 10.7. The molecule has 0 N–H and O–H groups in total. The van der Waals surface area contributed by atoms with Crippen molar-refractivity contribution < 1.29 is 18.4 Å². The van der Waals surface area contributed by atoms with Gasteiger partial charge in [-0.2, -0.15) is 0 Å². The van der Waals surface area contributed by atoms with Gasteiger partial charge in [0, 0.05) is 42.6 Å². The van der Waals surface area contributed by atoms with Gasteiger partial charge < -0.3 is 0 Å². The number of carbonyl (C=O) groups excluding carboxylic acids is 2. The molecule has 3 aliphatic carbocycles. The first-order chi connectivity index (χ1) is 21.2. The summed E-state index contributed by atoms with van der Waals surface area (Å²) in [4.78, 5) is 24.1. The Kier molecular flexibility index (Phi) is 11.1. The molecule has 1 atom stereocenters. The predicted molar refractivity (Wildman–Crippen MR) is 186 cm³/mol. The number of ketones is 2. The Morgan fingerprint density at radius 2 is 1.36 bits per heavy atom. The van der Waals surface area contributed by atoms with Crippen LogP contribution in [0.3, 0.4) is 0 Å². The van der Waals surface area contributed by atoms with Crippen molar-refractivity contribution in [2.75, 3.05) is 5.33 Å². The third-order valence-electron chi connectivity index (χ3n) is 8.62. The monoisotopic (exact) mass is 848 g/mol. The van der Waals surface area contributed by atoms with Crippen LogP contribution in [0.5, 0.6) is 0 Å². The molecule has 0 aliphatic heterocycles. The molecule has 3 aliphatic rings. The molecule has 0 fully saturated rings. The highest BCUT2D eigenvalue weighted by Crippen LogP contribution is 2.47. The number of Topliss-reactive ketones (excluding diaryl/α,β-unsaturated/α-hetero) is 2. The molecule has 228 valence electrons. The Balaban J connectivity index is 0.000000143. The molecular formula is C36H30Br4F2O2. The van der Waals surface area contributed by atoms with Crippen LogP contribution in [0.2, 0.25) is 0 Å². The molecule has 0 aromatic heterocycles. The van der Waals surface area contributed by atoms with Gasteiger partial charge in [0.2, 0.25) is 0 Å². The molecule has 8 heteroatoms. The fourth-order valence-electron chi connectivity index (χ4n) is 6.37. The summed E-state index contributed by atoms with van der Waals surface area (Å²) in [6.07, 6.45) is 5.19. The number of fused-ring (bicyclic) bond motifs is 3. The zero-order chi connectivity index (χ0) is 31.4. The van der Waals surface area contributed by atoms with E-state index < -0.39 is 0 Å². The van der Waals surface area contributed by atoms with E-state index in [-0.39, 0.29) is 28.6 Å². The summed E-state index contributed by atoms with van der Waals surface area (Å²) >= 11 is 13.4. The Hall–Kier alpha value is -2.00. The molecular weight excluding hydrogens is 822 g/mol. The van der Waals surface area contributed by atoms with Gasteiger partial charge in [-0.1, -0.05) is 100 Å². The SMILES string of the molecule is Fc1cccc(CBr)c1CCBr.O=C1CCc2ccc(Br)cc21.O=C1c2cc(Br)ccc2CC12CCc1c(F)cccc1C2. The molecule has 0 saturated heterocycles. The van der Waals surface area contributed by atoms with E-state index in [1.807, 2.05) is 48.5 Å². The lowest BCUT2D eigenvalue weighted by Gasteiger charge is -2.33. The van der Waals surface area contributed by atoms with Crippen molar-refractivity contribution in [3.05, 3.63) is 138 Å². The molecule has 1 spiro atoms. The van der Waals surface area contributed by atoms with E-state index >= 15 is 0 Å². The molecule has 0 radical (unpaired) electrons. The van der Waals surface area contributed by atoms with Gasteiger partial charge in [-0.05, 0) is 108 Å². The minimum absolute atomic E-state index is 0.105. The van der Waals surface area contributed by atoms with Crippen molar-refractivity contribution in [2.24, 2.45) is 5.41 Å². The van der Waals surface area contributed by atoms with E-state index in [0.29, 0.717) is 24.6 Å². The van der Waals surface area contributed by atoms with E-state index in [2.05, 4.69) is 63.7 Å². The normalized spacial score (nSPS) is 17.7. The number of hydrogen-bond donors (Lipinski definition) is 0. The summed E-state index contributed by atoms with van der Waals surface area (Å²) in [6.45, 7) is 0. The van der Waals surface area contributed by atoms with Gasteiger partial charge in [-0.3, -0.25) is 9.59 Å². The van der Waals surface area contributed by atoms with E-state index in [0.717, 1.165) is 78.9 Å². The van der Waals surface area contributed by atoms with Crippen molar-refractivity contribution in [1.29, 1.82) is 0 Å². The van der Waals surface area contributed by atoms with E-state index in [1.165, 1.54) is 17.7 Å². The quantitative estimate of drug-likeness (QED) is 0.193. The number of carbonyl (C=O) groups is 2. The summed E-state index contributed by atoms with van der Waals surface area (Å²) in [6, 6.07) is 22.3. The standard InChI is InChI=1S/C18H14BrFO.C9H9Br2F.C9H7BrO/c19-13-5-4-12-10-18(17(21)15(12)8-13)7-6-14-11(9-18)2-1-3-16(14)20;10-5-4-8-7(6-11)2-1-3-9(8)12;10-7-3-1-6-2-4-9(11)8(6)5-7/h1-5,8H,6-7,9-10H2;1-3H,4-6H2;1,3,5H,2,4H2. The lowest BCUT2D eigenvalue weighted by atomic mass is 9.69. The van der Waals surface area contributed by atoms with Gasteiger partial charge >= 0.3 is 0 Å². The Labute approximate surface area is 290 Å². The summed E-state index contributed by atoms with van der Waals surface area (Å²) in [5.41, 5.74) is 7.35. The van der Waals surface area contributed by atoms with Crippen LogP contribution in [0.25, 0.3) is 0 Å². The molecule has 0 amide bonds. The number of halogens is 6. The maximum atomic E-state index is 13.9. The molecule has 7 rings (SSSR count). The summed E-state index contributed by atoms with van der Waals surface area (Å²) in [5.74, 6) is 0.273. The number of hydrogen-bond acceptors (Lipinski definition) is 2. The van der Waals surface area contributed by atoms with Crippen molar-refractivity contribution in [2.45, 2.75) is 50.3 Å². The molecule has 0 heterocycles. The van der Waals surface area contributed by atoms with Gasteiger partial charge in [-0.25, -0.2) is 8.78 Å². The van der Waals surface area contributed by atoms with Crippen LogP contribution in [0.4, 0.5) is 8.78 Å². The highest BCUT2D eigenvalue weighted by atomic mass is 79.9. The Morgan fingerprint density at radius 3 is 2.09 bits per heavy atom. The van der Waals surface area contributed by atoms with Crippen LogP contribution in [-0.4, -0.2) is 16.9 Å². The smallest absolute Gasteiger partial charge is 0.169 e. The molecule has 0 saturated carbocycles. The number of rotatable bonds is 3. The van der Waals surface area contributed by atoms with Crippen molar-refractivity contribution in [3.8, 4) is 0 Å². The van der Waals surface area contributed by atoms with Crippen LogP contribution >= 0.6 is 63.7 Å². The number of benzene rings is 4. The maximum absolute atomic E-state index is 13.9. The second-order valence-electron chi connectivity index (χ2n) is 11.3. The summed E-state index contributed by atoms with van der Waals surface area (Å²) in [5, 5.41) is 1.51. The molecule has 4 aromatic carbocycles. The van der Waals surface area contributed by atoms with Gasteiger partial charge in [0.25, 0.3) is 0 Å². The highest BCUT2D eigenvalue weighted by Gasteiger charge is 2.47. The van der Waals surface area contributed by atoms with Gasteiger partial charge in [-0.15, -0.1) is 0 Å². The fourth-order valence-corrected chi connectivity index (χ4v) is 8.01. The summed E-state index contributed by atoms with van der Waals surface area (Å²) in [7, 11) is 0. The van der Waals surface area contributed by atoms with Gasteiger partial charge in [0.1, 0.15) is 11.6 Å².